The normalized spacial score (nSPS) is 10.9. The molecule has 0 radical (unpaired) electrons. The number of benzene rings is 1. The predicted molar refractivity (Wildman–Crippen MR) is 116 cm³/mol. The molecule has 31 heavy (non-hydrogen) atoms. The number of nitrogens with zero attached hydrogens (tertiary/aromatic N) is 3. The molecule has 7 nitrogen and oxygen atoms in total. The molecule has 0 fully saturated rings. The molecule has 3 heterocycles. The lowest BCUT2D eigenvalue weighted by molar-refractivity contribution is 0.0434. The van der Waals surface area contributed by atoms with Crippen LogP contribution in [0.25, 0.3) is 11.3 Å². The van der Waals surface area contributed by atoms with Crippen LogP contribution in [-0.2, 0) is 17.1 Å². The third-order valence-electron chi connectivity index (χ3n) is 4.53. The summed E-state index contributed by atoms with van der Waals surface area (Å²) in [4.78, 5) is 21.2. The van der Waals surface area contributed by atoms with Gasteiger partial charge in [-0.15, -0.1) is 11.8 Å². The van der Waals surface area contributed by atoms with Crippen molar-refractivity contribution in [2.75, 3.05) is 0 Å². The highest BCUT2D eigenvalue weighted by atomic mass is 35.5. The predicted octanol–water partition coefficient (Wildman–Crippen LogP) is 5.64. The molecule has 158 valence electrons. The van der Waals surface area contributed by atoms with E-state index in [1.165, 1.54) is 11.8 Å². The fourth-order valence-corrected chi connectivity index (χ4v) is 4.10. The molecule has 0 bridgehead atoms. The third-order valence-corrected chi connectivity index (χ3v) is 5.82. The SMILES string of the molecule is Cc1noc(C)c1CSc1ncccc1C(=O)OCc1ncc(-c2ccc(Cl)cc2)o1. The standard InChI is InChI=1S/C22H18ClN3O4S/c1-13-18(14(2)30-26-13)12-31-21-17(4-3-9-24-21)22(27)28-11-20-25-10-19(29-20)15-5-7-16(23)8-6-15/h3-10H,11-12H2,1-2H3. The summed E-state index contributed by atoms with van der Waals surface area (Å²) in [6, 6.07) is 10.6. The lowest BCUT2D eigenvalue weighted by Gasteiger charge is -2.07. The van der Waals surface area contributed by atoms with Crippen LogP contribution in [0.2, 0.25) is 5.02 Å². The Labute approximate surface area is 187 Å². The van der Waals surface area contributed by atoms with E-state index < -0.39 is 5.97 Å². The van der Waals surface area contributed by atoms with Crippen LogP contribution in [-0.4, -0.2) is 21.1 Å². The Kier molecular flexibility index (Phi) is 6.39. The van der Waals surface area contributed by atoms with Gasteiger partial charge in [0.15, 0.2) is 12.4 Å². The van der Waals surface area contributed by atoms with E-state index in [1.807, 2.05) is 26.0 Å². The fraction of sp³-hybridized carbons (Fsp3) is 0.182. The minimum Gasteiger partial charge on any atom is -0.452 e. The first-order valence-corrected chi connectivity index (χ1v) is 10.7. The maximum absolute atomic E-state index is 12.7. The Morgan fingerprint density at radius 1 is 1.16 bits per heavy atom. The highest BCUT2D eigenvalue weighted by Gasteiger charge is 2.18. The van der Waals surface area contributed by atoms with Crippen molar-refractivity contribution >= 4 is 29.3 Å². The molecule has 0 saturated heterocycles. The molecule has 3 aromatic heterocycles. The van der Waals surface area contributed by atoms with Gasteiger partial charge in [0, 0.05) is 28.1 Å². The van der Waals surface area contributed by atoms with Gasteiger partial charge in [-0.3, -0.25) is 0 Å². The van der Waals surface area contributed by atoms with Crippen LogP contribution >= 0.6 is 23.4 Å². The molecule has 4 aromatic rings. The van der Waals surface area contributed by atoms with Crippen LogP contribution in [0.5, 0.6) is 0 Å². The number of aromatic nitrogens is 3. The lowest BCUT2D eigenvalue weighted by Crippen LogP contribution is -2.08. The smallest absolute Gasteiger partial charge is 0.341 e. The molecule has 0 spiro atoms. The number of aryl methyl sites for hydroxylation is 2. The maximum atomic E-state index is 12.7. The van der Waals surface area contributed by atoms with Crippen LogP contribution < -0.4 is 0 Å². The molecule has 0 amide bonds. The van der Waals surface area contributed by atoms with E-state index in [1.54, 1.807) is 36.7 Å². The van der Waals surface area contributed by atoms with E-state index in [9.17, 15) is 4.79 Å². The summed E-state index contributed by atoms with van der Waals surface area (Å²) in [6.07, 6.45) is 3.22. The number of pyridine rings is 1. The van der Waals surface area contributed by atoms with Gasteiger partial charge in [0.1, 0.15) is 10.8 Å². The number of ether oxygens (including phenoxy) is 1. The topological polar surface area (TPSA) is 91.2 Å². The molecule has 0 atom stereocenters. The first-order valence-electron chi connectivity index (χ1n) is 9.38. The van der Waals surface area contributed by atoms with Gasteiger partial charge in [0.2, 0.25) is 5.89 Å². The van der Waals surface area contributed by atoms with Gasteiger partial charge in [0.25, 0.3) is 0 Å². The Hall–Kier alpha value is -3.10. The van der Waals surface area contributed by atoms with Crippen LogP contribution in [0.3, 0.4) is 0 Å². The number of hydrogen-bond donors (Lipinski definition) is 0. The van der Waals surface area contributed by atoms with Gasteiger partial charge >= 0.3 is 5.97 Å². The summed E-state index contributed by atoms with van der Waals surface area (Å²) < 4.78 is 16.3. The number of thioether (sulfide) groups is 1. The van der Waals surface area contributed by atoms with Crippen LogP contribution in [0.15, 0.2) is 62.8 Å². The van der Waals surface area contributed by atoms with Crippen molar-refractivity contribution in [1.82, 2.24) is 15.1 Å². The number of hydrogen-bond acceptors (Lipinski definition) is 8. The average molecular weight is 456 g/mol. The summed E-state index contributed by atoms with van der Waals surface area (Å²) in [5.41, 5.74) is 3.03. The Bertz CT molecular complexity index is 1180. The molecule has 0 saturated carbocycles. The van der Waals surface area contributed by atoms with Crippen molar-refractivity contribution in [2.45, 2.75) is 31.2 Å². The molecule has 0 N–H and O–H groups in total. The van der Waals surface area contributed by atoms with E-state index in [-0.39, 0.29) is 6.61 Å². The van der Waals surface area contributed by atoms with Gasteiger partial charge < -0.3 is 13.7 Å². The quantitative estimate of drug-likeness (QED) is 0.261. The van der Waals surface area contributed by atoms with Gasteiger partial charge in [-0.25, -0.2) is 14.8 Å². The summed E-state index contributed by atoms with van der Waals surface area (Å²) in [5.74, 6) is 1.71. The molecule has 0 aliphatic rings. The van der Waals surface area contributed by atoms with Gasteiger partial charge in [-0.2, -0.15) is 0 Å². The Morgan fingerprint density at radius 3 is 2.71 bits per heavy atom. The van der Waals surface area contributed by atoms with E-state index in [0.717, 1.165) is 22.6 Å². The van der Waals surface area contributed by atoms with Crippen LogP contribution in [0.1, 0.15) is 33.3 Å². The number of rotatable bonds is 7. The van der Waals surface area contributed by atoms with E-state index in [4.69, 9.17) is 25.3 Å². The zero-order chi connectivity index (χ0) is 21.8. The Morgan fingerprint density at radius 2 is 1.97 bits per heavy atom. The molecule has 0 unspecified atom stereocenters. The van der Waals surface area contributed by atoms with Crippen LogP contribution in [0.4, 0.5) is 0 Å². The number of carbonyl (C=O) groups is 1. The number of esters is 1. The molecule has 9 heteroatoms. The summed E-state index contributed by atoms with van der Waals surface area (Å²) in [5, 5.41) is 5.16. The molecule has 4 rings (SSSR count). The second-order valence-electron chi connectivity index (χ2n) is 6.65. The molecule has 1 aromatic carbocycles. The lowest BCUT2D eigenvalue weighted by atomic mass is 10.2. The third kappa shape index (κ3) is 4.98. The molecular weight excluding hydrogens is 438 g/mol. The van der Waals surface area contributed by atoms with Crippen molar-refractivity contribution < 1.29 is 18.5 Å². The zero-order valence-corrected chi connectivity index (χ0v) is 18.4. The fourth-order valence-electron chi connectivity index (χ4n) is 2.84. The monoisotopic (exact) mass is 455 g/mol. The van der Waals surface area contributed by atoms with E-state index >= 15 is 0 Å². The zero-order valence-electron chi connectivity index (χ0n) is 16.8. The summed E-state index contributed by atoms with van der Waals surface area (Å²) >= 11 is 7.33. The first-order chi connectivity index (χ1) is 15.0. The molecular formula is C22H18ClN3O4S. The highest BCUT2D eigenvalue weighted by molar-refractivity contribution is 7.98. The maximum Gasteiger partial charge on any atom is 0.341 e. The number of halogens is 1. The minimum absolute atomic E-state index is 0.0880. The van der Waals surface area contributed by atoms with Gasteiger partial charge in [-0.05, 0) is 50.2 Å². The largest absolute Gasteiger partial charge is 0.452 e. The van der Waals surface area contributed by atoms with Crippen molar-refractivity contribution in [1.29, 1.82) is 0 Å². The summed E-state index contributed by atoms with van der Waals surface area (Å²) in [7, 11) is 0. The van der Waals surface area contributed by atoms with E-state index in [0.29, 0.717) is 33.0 Å². The number of carbonyl (C=O) groups excluding carboxylic acids is 1. The average Bonchev–Trinajstić information content (AvgIpc) is 3.38. The van der Waals surface area contributed by atoms with Gasteiger partial charge in [-0.1, -0.05) is 16.8 Å². The molecule has 0 aliphatic heterocycles. The van der Waals surface area contributed by atoms with Crippen LogP contribution in [0, 0.1) is 13.8 Å². The number of oxazole rings is 1. The first kappa shape index (κ1) is 21.1. The minimum atomic E-state index is -0.499. The highest BCUT2D eigenvalue weighted by Crippen LogP contribution is 2.28. The second kappa shape index (κ2) is 9.36. The van der Waals surface area contributed by atoms with Crippen molar-refractivity contribution in [3.8, 4) is 11.3 Å². The second-order valence-corrected chi connectivity index (χ2v) is 8.05. The van der Waals surface area contributed by atoms with Gasteiger partial charge in [0.05, 0.1) is 17.5 Å². The van der Waals surface area contributed by atoms with Crippen molar-refractivity contribution in [3.05, 3.63) is 82.3 Å². The van der Waals surface area contributed by atoms with Crippen molar-refractivity contribution in [2.24, 2.45) is 0 Å². The van der Waals surface area contributed by atoms with E-state index in [2.05, 4.69) is 15.1 Å². The van der Waals surface area contributed by atoms with Crippen molar-refractivity contribution in [3.63, 3.8) is 0 Å². The Balaban J connectivity index is 1.41. The molecule has 0 aliphatic carbocycles. The summed E-state index contributed by atoms with van der Waals surface area (Å²) in [6.45, 7) is 3.65.